The molecule has 6 nitrogen and oxygen atoms in total. The molecule has 160 valence electrons. The summed E-state index contributed by atoms with van der Waals surface area (Å²) >= 11 is 1.77. The molecule has 8 heteroatoms. The predicted molar refractivity (Wildman–Crippen MR) is 133 cm³/mol. The Morgan fingerprint density at radius 2 is 2.07 bits per heavy atom. The van der Waals surface area contributed by atoms with E-state index in [1.807, 2.05) is 44.3 Å². The van der Waals surface area contributed by atoms with Gasteiger partial charge in [-0.2, -0.15) is 0 Å². The highest BCUT2D eigenvalue weighted by Gasteiger charge is 2.06. The fraction of sp³-hybridized carbons (Fsp3) is 0.476. The van der Waals surface area contributed by atoms with E-state index in [1.54, 1.807) is 18.4 Å². The van der Waals surface area contributed by atoms with Gasteiger partial charge in [0.1, 0.15) is 0 Å². The van der Waals surface area contributed by atoms with E-state index in [-0.39, 0.29) is 29.9 Å². The van der Waals surface area contributed by atoms with Crippen molar-refractivity contribution in [3.63, 3.8) is 0 Å². The van der Waals surface area contributed by atoms with Crippen LogP contribution < -0.4 is 16.0 Å². The Morgan fingerprint density at radius 3 is 2.72 bits per heavy atom. The second kappa shape index (κ2) is 13.5. The molecule has 0 saturated heterocycles. The van der Waals surface area contributed by atoms with E-state index in [0.717, 1.165) is 41.6 Å². The molecule has 0 unspecified atom stereocenters. The van der Waals surface area contributed by atoms with Crippen LogP contribution in [0, 0.1) is 5.92 Å². The molecule has 29 heavy (non-hydrogen) atoms. The van der Waals surface area contributed by atoms with Gasteiger partial charge in [-0.05, 0) is 30.0 Å². The quantitative estimate of drug-likeness (QED) is 0.258. The lowest BCUT2D eigenvalue weighted by Crippen LogP contribution is -2.37. The van der Waals surface area contributed by atoms with Gasteiger partial charge in [-0.15, -0.1) is 35.3 Å². The molecule has 0 fully saturated rings. The zero-order chi connectivity index (χ0) is 20.4. The van der Waals surface area contributed by atoms with Gasteiger partial charge in [0, 0.05) is 49.7 Å². The number of hydrogen-bond donors (Lipinski definition) is 3. The minimum absolute atomic E-state index is 0. The third-order valence-electron chi connectivity index (χ3n) is 4.07. The number of carbonyl (C=O) groups is 1. The first kappa shape index (κ1) is 25.4. The number of rotatable bonds is 9. The molecule has 1 amide bonds. The molecule has 2 aromatic rings. The van der Waals surface area contributed by atoms with Crippen LogP contribution in [0.1, 0.15) is 42.6 Å². The number of hydrogen-bond acceptors (Lipinski definition) is 4. The second-order valence-electron chi connectivity index (χ2n) is 7.02. The maximum absolute atomic E-state index is 11.9. The summed E-state index contributed by atoms with van der Waals surface area (Å²) in [6.07, 6.45) is 4.39. The van der Waals surface area contributed by atoms with E-state index in [1.165, 1.54) is 4.88 Å². The maximum Gasteiger partial charge on any atom is 0.224 e. The number of guanidine groups is 1. The van der Waals surface area contributed by atoms with Crippen LogP contribution >= 0.6 is 35.3 Å². The molecule has 1 aromatic carbocycles. The van der Waals surface area contributed by atoms with Crippen molar-refractivity contribution < 1.29 is 4.79 Å². The summed E-state index contributed by atoms with van der Waals surface area (Å²) in [7, 11) is 1.76. The molecule has 0 spiro atoms. The molecule has 2 rings (SSSR count). The highest BCUT2D eigenvalue weighted by atomic mass is 127. The lowest BCUT2D eigenvalue weighted by Gasteiger charge is -2.13. The Bertz CT molecular complexity index is 791. The zero-order valence-corrected chi connectivity index (χ0v) is 20.8. The number of nitrogens with one attached hydrogen (secondary N) is 3. The number of halogens is 1. The van der Waals surface area contributed by atoms with Crippen molar-refractivity contribution in [3.05, 3.63) is 45.9 Å². The molecule has 0 radical (unpaired) electrons. The van der Waals surface area contributed by atoms with Gasteiger partial charge in [0.15, 0.2) is 5.96 Å². The Labute approximate surface area is 195 Å². The molecular weight excluding hydrogens is 497 g/mol. The third-order valence-corrected chi connectivity index (χ3v) is 5.27. The van der Waals surface area contributed by atoms with Gasteiger partial charge in [-0.3, -0.25) is 9.79 Å². The number of benzene rings is 1. The fourth-order valence-corrected chi connectivity index (χ4v) is 3.53. The summed E-state index contributed by atoms with van der Waals surface area (Å²) in [5.41, 5.74) is 1.90. The maximum atomic E-state index is 11.9. The number of aromatic nitrogens is 1. The SMILES string of the molecule is CCc1cnc(CCNC(=NC)NCc2cccc(NC(=O)CC(C)C)c2)s1.I. The minimum Gasteiger partial charge on any atom is -0.356 e. The molecule has 0 aliphatic rings. The summed E-state index contributed by atoms with van der Waals surface area (Å²) in [5, 5.41) is 10.7. The van der Waals surface area contributed by atoms with Crippen molar-refractivity contribution >= 4 is 52.9 Å². The van der Waals surface area contributed by atoms with E-state index in [4.69, 9.17) is 0 Å². The van der Waals surface area contributed by atoms with Crippen LogP contribution in [0.2, 0.25) is 0 Å². The van der Waals surface area contributed by atoms with Crippen molar-refractivity contribution in [1.29, 1.82) is 0 Å². The molecule has 0 aliphatic carbocycles. The first-order valence-corrected chi connectivity index (χ1v) is 10.6. The lowest BCUT2D eigenvalue weighted by atomic mass is 10.1. The number of anilines is 1. The second-order valence-corrected chi connectivity index (χ2v) is 8.22. The summed E-state index contributed by atoms with van der Waals surface area (Å²) in [6.45, 7) is 7.63. The van der Waals surface area contributed by atoms with Gasteiger partial charge in [0.2, 0.25) is 5.91 Å². The van der Waals surface area contributed by atoms with Crippen LogP contribution in [0.3, 0.4) is 0 Å². The number of thiazole rings is 1. The van der Waals surface area contributed by atoms with Crippen LogP contribution in [-0.4, -0.2) is 30.4 Å². The molecular formula is C21H32IN5OS. The monoisotopic (exact) mass is 529 g/mol. The van der Waals surface area contributed by atoms with Gasteiger partial charge in [-0.25, -0.2) is 4.98 Å². The van der Waals surface area contributed by atoms with Gasteiger partial charge in [0.05, 0.1) is 5.01 Å². The summed E-state index contributed by atoms with van der Waals surface area (Å²) < 4.78 is 0. The van der Waals surface area contributed by atoms with Crippen molar-refractivity contribution in [1.82, 2.24) is 15.6 Å². The molecule has 0 atom stereocenters. The predicted octanol–water partition coefficient (Wildman–Crippen LogP) is 4.22. The number of aryl methyl sites for hydroxylation is 1. The molecule has 1 aromatic heterocycles. The minimum atomic E-state index is 0. The van der Waals surface area contributed by atoms with Crippen LogP contribution in [0.5, 0.6) is 0 Å². The van der Waals surface area contributed by atoms with E-state index >= 15 is 0 Å². The third kappa shape index (κ3) is 9.58. The largest absolute Gasteiger partial charge is 0.356 e. The summed E-state index contributed by atoms with van der Waals surface area (Å²) in [4.78, 5) is 22.0. The van der Waals surface area contributed by atoms with E-state index in [0.29, 0.717) is 18.9 Å². The van der Waals surface area contributed by atoms with E-state index in [9.17, 15) is 4.79 Å². The average molecular weight is 529 g/mol. The first-order valence-electron chi connectivity index (χ1n) is 9.77. The Kier molecular flexibility index (Phi) is 11.8. The fourth-order valence-electron chi connectivity index (χ4n) is 2.66. The summed E-state index contributed by atoms with van der Waals surface area (Å²) in [6, 6.07) is 7.87. The van der Waals surface area contributed by atoms with Gasteiger partial charge >= 0.3 is 0 Å². The first-order chi connectivity index (χ1) is 13.5. The number of amides is 1. The molecule has 0 bridgehead atoms. The van der Waals surface area contributed by atoms with Gasteiger partial charge < -0.3 is 16.0 Å². The van der Waals surface area contributed by atoms with E-state index in [2.05, 4.69) is 32.9 Å². The normalized spacial score (nSPS) is 11.1. The summed E-state index contributed by atoms with van der Waals surface area (Å²) in [5.74, 6) is 1.14. The van der Waals surface area contributed by atoms with Crippen molar-refractivity contribution in [2.45, 2.75) is 46.6 Å². The van der Waals surface area contributed by atoms with Crippen molar-refractivity contribution in [2.75, 3.05) is 18.9 Å². The molecule has 0 aliphatic heterocycles. The number of nitrogens with zero attached hydrogens (tertiary/aromatic N) is 2. The average Bonchev–Trinajstić information content (AvgIpc) is 3.12. The molecule has 0 saturated carbocycles. The van der Waals surface area contributed by atoms with Crippen LogP contribution in [-0.2, 0) is 24.2 Å². The van der Waals surface area contributed by atoms with Crippen molar-refractivity contribution in [3.8, 4) is 0 Å². The topological polar surface area (TPSA) is 78.4 Å². The van der Waals surface area contributed by atoms with Gasteiger partial charge in [-0.1, -0.05) is 32.9 Å². The Balaban J connectivity index is 0.00000420. The van der Waals surface area contributed by atoms with Crippen LogP contribution in [0.15, 0.2) is 35.5 Å². The zero-order valence-electron chi connectivity index (χ0n) is 17.6. The van der Waals surface area contributed by atoms with Crippen molar-refractivity contribution in [2.24, 2.45) is 10.9 Å². The number of aliphatic imine (C=N–C) groups is 1. The van der Waals surface area contributed by atoms with Crippen LogP contribution in [0.4, 0.5) is 5.69 Å². The molecule has 3 N–H and O–H groups in total. The van der Waals surface area contributed by atoms with E-state index < -0.39 is 0 Å². The number of carbonyl (C=O) groups excluding carboxylic acids is 1. The van der Waals surface area contributed by atoms with Crippen LogP contribution in [0.25, 0.3) is 0 Å². The smallest absolute Gasteiger partial charge is 0.224 e. The Morgan fingerprint density at radius 1 is 1.28 bits per heavy atom. The lowest BCUT2D eigenvalue weighted by molar-refractivity contribution is -0.116. The Hall–Kier alpha value is -1.68. The highest BCUT2D eigenvalue weighted by Crippen LogP contribution is 2.14. The molecule has 1 heterocycles. The standard InChI is InChI=1S/C21H31N5OS.HI/c1-5-18-14-24-20(28-18)9-10-23-21(22-4)25-13-16-7-6-8-17(12-16)26-19(27)11-15(2)3;/h6-8,12,14-15H,5,9-11,13H2,1-4H3,(H,26,27)(H2,22,23,25);1H. The highest BCUT2D eigenvalue weighted by molar-refractivity contribution is 14.0. The van der Waals surface area contributed by atoms with Gasteiger partial charge in [0.25, 0.3) is 0 Å².